The van der Waals surface area contributed by atoms with Gasteiger partial charge in [0.05, 0.1) is 12.1 Å². The first-order valence-corrected chi connectivity index (χ1v) is 5.40. The highest BCUT2D eigenvalue weighted by molar-refractivity contribution is 5.73. The standard InChI is InChI=1S/C10H13F3N4O/c1-6(18)16-4-7-14-15-8(10(11,12)13)17(7)9(2,3)5-16/h4-5H2,1-3H3. The highest BCUT2D eigenvalue weighted by atomic mass is 19.4. The van der Waals surface area contributed by atoms with Crippen molar-refractivity contribution in [2.45, 2.75) is 39.0 Å². The van der Waals surface area contributed by atoms with Gasteiger partial charge in [-0.1, -0.05) is 0 Å². The fourth-order valence-corrected chi connectivity index (χ4v) is 2.23. The lowest BCUT2D eigenvalue weighted by atomic mass is 10.0. The van der Waals surface area contributed by atoms with Crippen molar-refractivity contribution in [1.82, 2.24) is 19.7 Å². The minimum Gasteiger partial charge on any atom is -0.333 e. The summed E-state index contributed by atoms with van der Waals surface area (Å²) < 4.78 is 39.5. The van der Waals surface area contributed by atoms with Crippen molar-refractivity contribution in [3.8, 4) is 0 Å². The second-order valence-electron chi connectivity index (χ2n) is 4.96. The number of hydrogen-bond donors (Lipinski definition) is 0. The second-order valence-corrected chi connectivity index (χ2v) is 4.96. The minimum absolute atomic E-state index is 0.0574. The van der Waals surface area contributed by atoms with Gasteiger partial charge in [-0.05, 0) is 13.8 Å². The number of fused-ring (bicyclic) bond motifs is 1. The Morgan fingerprint density at radius 1 is 1.33 bits per heavy atom. The highest BCUT2D eigenvalue weighted by Gasteiger charge is 2.45. The van der Waals surface area contributed by atoms with E-state index in [1.807, 2.05) is 0 Å². The predicted molar refractivity (Wildman–Crippen MR) is 55.4 cm³/mol. The average Bonchev–Trinajstić information content (AvgIpc) is 2.60. The zero-order valence-corrected chi connectivity index (χ0v) is 10.2. The molecule has 0 fully saturated rings. The van der Waals surface area contributed by atoms with Crippen LogP contribution >= 0.6 is 0 Å². The first-order chi connectivity index (χ1) is 8.13. The molecule has 18 heavy (non-hydrogen) atoms. The number of amides is 1. The van der Waals surface area contributed by atoms with Gasteiger partial charge in [0, 0.05) is 13.5 Å². The predicted octanol–water partition coefficient (Wildman–Crippen LogP) is 1.39. The number of carbonyl (C=O) groups excluding carboxylic acids is 1. The van der Waals surface area contributed by atoms with Crippen molar-refractivity contribution < 1.29 is 18.0 Å². The summed E-state index contributed by atoms with van der Waals surface area (Å²) >= 11 is 0. The van der Waals surface area contributed by atoms with Gasteiger partial charge >= 0.3 is 6.18 Å². The first-order valence-electron chi connectivity index (χ1n) is 5.40. The van der Waals surface area contributed by atoms with Gasteiger partial charge in [-0.3, -0.25) is 9.36 Å². The van der Waals surface area contributed by atoms with Gasteiger partial charge in [0.25, 0.3) is 0 Å². The van der Waals surface area contributed by atoms with Gasteiger partial charge in [-0.15, -0.1) is 10.2 Å². The van der Waals surface area contributed by atoms with Crippen LogP contribution in [0.4, 0.5) is 13.2 Å². The van der Waals surface area contributed by atoms with Gasteiger partial charge < -0.3 is 4.90 Å². The van der Waals surface area contributed by atoms with Crippen LogP contribution in [0.5, 0.6) is 0 Å². The number of carbonyl (C=O) groups is 1. The lowest BCUT2D eigenvalue weighted by Crippen LogP contribution is -2.49. The third kappa shape index (κ3) is 1.95. The molecule has 0 aliphatic carbocycles. The highest BCUT2D eigenvalue weighted by Crippen LogP contribution is 2.34. The number of halogens is 3. The molecule has 1 aromatic heterocycles. The number of nitrogens with zero attached hydrogens (tertiary/aromatic N) is 4. The van der Waals surface area contributed by atoms with Crippen LogP contribution in [0.3, 0.4) is 0 Å². The van der Waals surface area contributed by atoms with Crippen LogP contribution in [0.25, 0.3) is 0 Å². The van der Waals surface area contributed by atoms with Crippen molar-refractivity contribution in [3.05, 3.63) is 11.6 Å². The van der Waals surface area contributed by atoms with E-state index in [1.165, 1.54) is 11.8 Å². The molecule has 1 amide bonds. The Hall–Kier alpha value is -1.60. The number of aromatic nitrogens is 3. The van der Waals surface area contributed by atoms with Crippen molar-refractivity contribution in [3.63, 3.8) is 0 Å². The van der Waals surface area contributed by atoms with Crippen LogP contribution in [-0.2, 0) is 23.1 Å². The Morgan fingerprint density at radius 3 is 2.44 bits per heavy atom. The Kier molecular flexibility index (Phi) is 2.64. The molecule has 0 atom stereocenters. The van der Waals surface area contributed by atoms with E-state index in [4.69, 9.17) is 0 Å². The van der Waals surface area contributed by atoms with Crippen LogP contribution in [-0.4, -0.2) is 32.1 Å². The Labute approximate surface area is 102 Å². The van der Waals surface area contributed by atoms with Gasteiger partial charge in [0.15, 0.2) is 5.82 Å². The normalized spacial score (nSPS) is 18.7. The summed E-state index contributed by atoms with van der Waals surface area (Å²) in [4.78, 5) is 12.8. The molecule has 0 unspecified atom stereocenters. The Balaban J connectivity index is 2.52. The average molecular weight is 262 g/mol. The van der Waals surface area contributed by atoms with E-state index in [-0.39, 0.29) is 24.8 Å². The fraction of sp³-hybridized carbons (Fsp3) is 0.700. The molecule has 0 aromatic carbocycles. The van der Waals surface area contributed by atoms with Crippen molar-refractivity contribution in [2.75, 3.05) is 6.54 Å². The molecule has 0 N–H and O–H groups in total. The molecule has 8 heteroatoms. The lowest BCUT2D eigenvalue weighted by Gasteiger charge is -2.39. The van der Waals surface area contributed by atoms with Gasteiger partial charge in [0.2, 0.25) is 11.7 Å². The summed E-state index contributed by atoms with van der Waals surface area (Å²) in [5, 5.41) is 6.76. The zero-order valence-electron chi connectivity index (χ0n) is 10.2. The molecule has 0 spiro atoms. The molecule has 100 valence electrons. The quantitative estimate of drug-likeness (QED) is 0.710. The van der Waals surface area contributed by atoms with Crippen LogP contribution in [0.1, 0.15) is 32.4 Å². The third-order valence-corrected chi connectivity index (χ3v) is 2.94. The summed E-state index contributed by atoms with van der Waals surface area (Å²) in [5.41, 5.74) is -0.881. The van der Waals surface area contributed by atoms with Gasteiger partial charge in [-0.2, -0.15) is 13.2 Å². The maximum Gasteiger partial charge on any atom is 0.451 e. The molecule has 5 nitrogen and oxygen atoms in total. The van der Waals surface area contributed by atoms with Crippen LogP contribution in [0, 0.1) is 0 Å². The number of hydrogen-bond acceptors (Lipinski definition) is 3. The zero-order chi connectivity index (χ0) is 13.7. The van der Waals surface area contributed by atoms with Gasteiger partial charge in [-0.25, -0.2) is 0 Å². The molecule has 2 heterocycles. The molecular formula is C10H13F3N4O. The van der Waals surface area contributed by atoms with E-state index in [2.05, 4.69) is 10.2 Å². The van der Waals surface area contributed by atoms with Crippen molar-refractivity contribution >= 4 is 5.91 Å². The van der Waals surface area contributed by atoms with E-state index in [9.17, 15) is 18.0 Å². The smallest absolute Gasteiger partial charge is 0.333 e. The maximum atomic E-state index is 12.8. The summed E-state index contributed by atoms with van der Waals surface area (Å²) in [6, 6.07) is 0. The molecule has 1 aromatic rings. The summed E-state index contributed by atoms with van der Waals surface area (Å²) in [6.45, 7) is 4.90. The van der Waals surface area contributed by atoms with E-state index in [0.29, 0.717) is 0 Å². The molecule has 2 rings (SSSR count). The van der Waals surface area contributed by atoms with Crippen LogP contribution < -0.4 is 0 Å². The largest absolute Gasteiger partial charge is 0.451 e. The fourth-order valence-electron chi connectivity index (χ4n) is 2.23. The molecule has 0 saturated heterocycles. The van der Waals surface area contributed by atoms with E-state index >= 15 is 0 Å². The Bertz CT molecular complexity index is 492. The summed E-state index contributed by atoms with van der Waals surface area (Å²) in [6.07, 6.45) is -4.54. The third-order valence-electron chi connectivity index (χ3n) is 2.94. The number of alkyl halides is 3. The topological polar surface area (TPSA) is 51.0 Å². The van der Waals surface area contributed by atoms with E-state index < -0.39 is 17.5 Å². The SMILES string of the molecule is CC(=O)N1Cc2nnc(C(F)(F)F)n2C(C)(C)C1. The molecule has 1 aliphatic rings. The monoisotopic (exact) mass is 262 g/mol. The molecule has 1 aliphatic heterocycles. The van der Waals surface area contributed by atoms with Gasteiger partial charge in [0.1, 0.15) is 0 Å². The van der Waals surface area contributed by atoms with E-state index in [1.54, 1.807) is 13.8 Å². The van der Waals surface area contributed by atoms with Crippen molar-refractivity contribution in [2.24, 2.45) is 0 Å². The second kappa shape index (κ2) is 3.69. The van der Waals surface area contributed by atoms with Crippen LogP contribution in [0.2, 0.25) is 0 Å². The molecule has 0 radical (unpaired) electrons. The van der Waals surface area contributed by atoms with E-state index in [0.717, 1.165) is 4.57 Å². The van der Waals surface area contributed by atoms with Crippen LogP contribution in [0.15, 0.2) is 0 Å². The number of rotatable bonds is 0. The summed E-state index contributed by atoms with van der Waals surface area (Å²) in [7, 11) is 0. The maximum absolute atomic E-state index is 12.8. The molecule has 0 bridgehead atoms. The molecular weight excluding hydrogens is 249 g/mol. The minimum atomic E-state index is -4.54. The summed E-state index contributed by atoms with van der Waals surface area (Å²) in [5.74, 6) is -1.04. The first kappa shape index (κ1) is 12.8. The lowest BCUT2D eigenvalue weighted by molar-refractivity contribution is -0.150. The molecule has 0 saturated carbocycles. The Morgan fingerprint density at radius 2 is 1.94 bits per heavy atom. The van der Waals surface area contributed by atoms with Crippen molar-refractivity contribution in [1.29, 1.82) is 0 Å².